The molecule has 9 nitrogen and oxygen atoms in total. The second-order valence-electron chi connectivity index (χ2n) is 2.82. The fourth-order valence-electron chi connectivity index (χ4n) is 0.295. The molecule has 0 heterocycles. The number of alkyl halides is 2. The zero-order valence-electron chi connectivity index (χ0n) is 8.75. The van der Waals surface area contributed by atoms with E-state index in [1.807, 2.05) is 0 Å². The first-order chi connectivity index (χ1) is 7.57. The zero-order valence-corrected chi connectivity index (χ0v) is 11.9. The van der Waals surface area contributed by atoms with Crippen molar-refractivity contribution in [2.24, 2.45) is 0 Å². The van der Waals surface area contributed by atoms with Crippen LogP contribution in [-0.4, -0.2) is 47.5 Å². The van der Waals surface area contributed by atoms with Crippen molar-refractivity contribution in [3.05, 3.63) is 20.2 Å². The minimum Gasteiger partial charge on any atom is -0.388 e. The minimum absolute atomic E-state index is 0.0556. The van der Waals surface area contributed by atoms with Gasteiger partial charge in [-0.05, 0) is 0 Å². The van der Waals surface area contributed by atoms with Gasteiger partial charge in [0.05, 0.1) is 11.3 Å². The summed E-state index contributed by atoms with van der Waals surface area (Å²) in [5.41, 5.74) is 0. The van der Waals surface area contributed by atoms with Crippen molar-refractivity contribution >= 4 is 31.9 Å². The third-order valence-corrected chi connectivity index (χ3v) is 3.18. The molecular weight excluding hydrogens is 372 g/mol. The number of aliphatic hydroxyl groups excluding tert-OH is 2. The van der Waals surface area contributed by atoms with Crippen LogP contribution in [0.4, 0.5) is 0 Å². The van der Waals surface area contributed by atoms with Crippen molar-refractivity contribution in [3.8, 4) is 0 Å². The highest BCUT2D eigenvalue weighted by Crippen LogP contribution is 2.17. The van der Waals surface area contributed by atoms with Gasteiger partial charge in [0.1, 0.15) is 13.2 Å². The number of hydrogen-bond donors (Lipinski definition) is 3. The van der Waals surface area contributed by atoms with Crippen molar-refractivity contribution in [2.75, 3.05) is 13.2 Å². The highest BCUT2D eigenvalue weighted by atomic mass is 79.9. The summed E-state index contributed by atoms with van der Waals surface area (Å²) in [6, 6.07) is 0. The average molecular weight is 384 g/mol. The summed E-state index contributed by atoms with van der Waals surface area (Å²) < 4.78 is -3.69. The molecule has 0 saturated heterocycles. The Balaban J connectivity index is 0. The van der Waals surface area contributed by atoms with Crippen LogP contribution in [0.25, 0.3) is 0 Å². The molecule has 0 bridgehead atoms. The van der Waals surface area contributed by atoms with Gasteiger partial charge in [0, 0.05) is 36.8 Å². The molecule has 0 saturated carbocycles. The van der Waals surface area contributed by atoms with Crippen LogP contribution in [0.1, 0.15) is 13.3 Å². The minimum atomic E-state index is -1.92. The molecule has 1 atom stereocenters. The fraction of sp³-hybridized carbons (Fsp3) is 1.00. The van der Waals surface area contributed by atoms with E-state index in [-0.39, 0.29) is 6.42 Å². The van der Waals surface area contributed by atoms with E-state index in [2.05, 4.69) is 31.9 Å². The maximum atomic E-state index is 9.92. The van der Waals surface area contributed by atoms with Crippen LogP contribution in [0.2, 0.25) is 0 Å². The van der Waals surface area contributed by atoms with Crippen molar-refractivity contribution in [1.82, 2.24) is 0 Å². The van der Waals surface area contributed by atoms with Crippen LogP contribution < -0.4 is 0 Å². The van der Waals surface area contributed by atoms with E-state index < -0.39 is 32.1 Å². The summed E-state index contributed by atoms with van der Waals surface area (Å²) in [5, 5.41) is 44.9. The second-order valence-corrected chi connectivity index (χ2v) is 5.57. The first kappa shape index (κ1) is 19.0. The lowest BCUT2D eigenvalue weighted by Crippen LogP contribution is -2.39. The molecule has 0 fully saturated rings. The molecule has 0 aromatic heterocycles. The number of halogens is 2. The van der Waals surface area contributed by atoms with E-state index in [0.717, 1.165) is 0 Å². The monoisotopic (exact) mass is 382 g/mol. The van der Waals surface area contributed by atoms with Crippen LogP contribution in [0, 0.1) is 20.2 Å². The van der Waals surface area contributed by atoms with Gasteiger partial charge in [-0.1, -0.05) is 6.92 Å². The van der Waals surface area contributed by atoms with Crippen LogP contribution in [0.15, 0.2) is 0 Å². The summed E-state index contributed by atoms with van der Waals surface area (Å²) in [5.74, 6) is 0. The van der Waals surface area contributed by atoms with Gasteiger partial charge in [-0.2, -0.15) is 0 Å². The zero-order chi connectivity index (χ0) is 14.3. The molecule has 0 radical (unpaired) electrons. The van der Waals surface area contributed by atoms with Crippen LogP contribution in [-0.2, 0) is 0 Å². The third-order valence-electron chi connectivity index (χ3n) is 1.54. The summed E-state index contributed by atoms with van der Waals surface area (Å²) in [4.78, 5) is 18.1. The summed E-state index contributed by atoms with van der Waals surface area (Å²) in [7, 11) is 0. The van der Waals surface area contributed by atoms with E-state index >= 15 is 0 Å². The van der Waals surface area contributed by atoms with Crippen molar-refractivity contribution in [2.45, 2.75) is 22.4 Å². The second kappa shape index (κ2) is 7.87. The Bertz CT molecular complexity index is 269. The molecule has 0 aliphatic rings. The number of nitrogens with zero attached hydrogens (tertiary/aromatic N) is 2. The molecule has 11 heteroatoms. The molecule has 0 aliphatic carbocycles. The van der Waals surface area contributed by atoms with E-state index in [9.17, 15) is 20.2 Å². The Hall–Kier alpha value is -0.360. The number of nitro groups is 2. The van der Waals surface area contributed by atoms with Gasteiger partial charge in [-0.3, -0.25) is 20.2 Å². The highest BCUT2D eigenvalue weighted by Gasteiger charge is 2.38. The molecule has 0 rings (SSSR count). The maximum Gasteiger partial charge on any atom is 0.377 e. The average Bonchev–Trinajstić information content (AvgIpc) is 2.28. The van der Waals surface area contributed by atoms with Gasteiger partial charge >= 0.3 is 9.08 Å². The predicted molar refractivity (Wildman–Crippen MR) is 64.0 cm³/mol. The van der Waals surface area contributed by atoms with Gasteiger partial charge in [0.25, 0.3) is 0 Å². The lowest BCUT2D eigenvalue weighted by atomic mass is 10.4. The quantitative estimate of drug-likeness (QED) is 0.200. The largest absolute Gasteiger partial charge is 0.388 e. The summed E-state index contributed by atoms with van der Waals surface area (Å²) in [6.07, 6.45) is 0.0556. The number of rotatable bonds is 5. The van der Waals surface area contributed by atoms with Crippen LogP contribution in [0.3, 0.4) is 0 Å². The third kappa shape index (κ3) is 6.83. The number of aliphatic hydroxyl groups is 3. The molecular formula is C6H12Br2N2O7. The van der Waals surface area contributed by atoms with Crippen molar-refractivity contribution in [1.29, 1.82) is 0 Å². The Morgan fingerprint density at radius 3 is 1.47 bits per heavy atom. The predicted octanol–water partition coefficient (Wildman–Crippen LogP) is 0.0530. The Kier molecular flexibility index (Phi) is 8.79. The fourth-order valence-corrected chi connectivity index (χ4v) is 0.295. The van der Waals surface area contributed by atoms with Gasteiger partial charge in [0.15, 0.2) is 0 Å². The van der Waals surface area contributed by atoms with Gasteiger partial charge in [-0.15, -0.1) is 0 Å². The molecule has 1 unspecified atom stereocenters. The van der Waals surface area contributed by atoms with Crippen LogP contribution >= 0.6 is 31.9 Å². The van der Waals surface area contributed by atoms with Crippen molar-refractivity contribution < 1.29 is 25.2 Å². The van der Waals surface area contributed by atoms with Crippen molar-refractivity contribution in [3.63, 3.8) is 0 Å². The standard InChI is InChI=1S/C3H6BrNO4.C3H6BrNO3/c4-3(1-6,2-7)5(8)9;1-2-3(4,6)5(7)8/h6-7H,1-2H2;6H,2H2,1H3. The molecule has 0 aromatic carbocycles. The molecule has 17 heavy (non-hydrogen) atoms. The Morgan fingerprint density at radius 1 is 1.12 bits per heavy atom. The maximum absolute atomic E-state index is 9.92. The van der Waals surface area contributed by atoms with Crippen LogP contribution in [0.5, 0.6) is 0 Å². The topological polar surface area (TPSA) is 147 Å². The smallest absolute Gasteiger partial charge is 0.377 e. The van der Waals surface area contributed by atoms with E-state index in [1.54, 1.807) is 0 Å². The lowest BCUT2D eigenvalue weighted by Gasteiger charge is -2.11. The first-order valence-corrected chi connectivity index (χ1v) is 5.77. The Morgan fingerprint density at radius 2 is 1.47 bits per heavy atom. The Labute approximate surface area is 113 Å². The van der Waals surface area contributed by atoms with E-state index in [1.165, 1.54) is 6.92 Å². The van der Waals surface area contributed by atoms with E-state index in [4.69, 9.17) is 15.3 Å². The summed E-state index contributed by atoms with van der Waals surface area (Å²) in [6.45, 7) is 0.0601. The lowest BCUT2D eigenvalue weighted by molar-refractivity contribution is -0.585. The SMILES string of the molecule is CCC(O)(Br)[N+](=O)[O-].O=[N+]([O-])C(Br)(CO)CO. The van der Waals surface area contributed by atoms with E-state index in [0.29, 0.717) is 0 Å². The summed E-state index contributed by atoms with van der Waals surface area (Å²) >= 11 is 5.05. The van der Waals surface area contributed by atoms with Gasteiger partial charge in [-0.25, -0.2) is 0 Å². The number of hydrogen-bond acceptors (Lipinski definition) is 7. The van der Waals surface area contributed by atoms with Gasteiger partial charge < -0.3 is 15.3 Å². The molecule has 0 aromatic rings. The highest BCUT2D eigenvalue weighted by molar-refractivity contribution is 9.10. The van der Waals surface area contributed by atoms with Gasteiger partial charge in [0.2, 0.25) is 0 Å². The molecule has 102 valence electrons. The molecule has 0 spiro atoms. The molecule has 0 aliphatic heterocycles. The first-order valence-electron chi connectivity index (χ1n) is 4.18. The molecule has 3 N–H and O–H groups in total. The normalized spacial score (nSPS) is 14.2. The molecule has 0 amide bonds.